The molecule has 0 aromatic heterocycles. The molecule has 0 aliphatic carbocycles. The predicted molar refractivity (Wildman–Crippen MR) is 56.1 cm³/mol. The van der Waals surface area contributed by atoms with E-state index < -0.39 is 5.91 Å². The van der Waals surface area contributed by atoms with Crippen LogP contribution in [0.15, 0.2) is 30.3 Å². The Morgan fingerprint density at radius 3 is 2.50 bits per heavy atom. The van der Waals surface area contributed by atoms with Gasteiger partial charge in [0, 0.05) is 5.56 Å². The van der Waals surface area contributed by atoms with Crippen molar-refractivity contribution in [1.29, 1.82) is 0 Å². The summed E-state index contributed by atoms with van der Waals surface area (Å²) in [5.74, 6) is -0.849. The van der Waals surface area contributed by atoms with E-state index in [2.05, 4.69) is 10.7 Å². The molecule has 1 rings (SSSR count). The Kier molecular flexibility index (Phi) is 4.52. The zero-order valence-corrected chi connectivity index (χ0v) is 8.40. The minimum absolute atomic E-state index is 0.200. The summed E-state index contributed by atoms with van der Waals surface area (Å²) in [6, 6.07) is 8.51. The lowest BCUT2D eigenvalue weighted by Gasteiger charge is -2.05. The fourth-order valence-electron chi connectivity index (χ4n) is 1.01. The van der Waals surface area contributed by atoms with Crippen LogP contribution in [0.25, 0.3) is 0 Å². The Bertz CT molecular complexity index is 378. The van der Waals surface area contributed by atoms with Crippen molar-refractivity contribution in [3.63, 3.8) is 0 Å². The molecule has 16 heavy (non-hydrogen) atoms. The van der Waals surface area contributed by atoms with E-state index >= 15 is 0 Å². The zero-order valence-electron chi connectivity index (χ0n) is 8.40. The SMILES string of the molecule is O=CNNC(=O)CNC(=O)c1ccccc1. The molecule has 3 N–H and O–H groups in total. The summed E-state index contributed by atoms with van der Waals surface area (Å²) < 4.78 is 0. The Balaban J connectivity index is 2.36. The highest BCUT2D eigenvalue weighted by atomic mass is 16.2. The molecule has 0 saturated heterocycles. The highest BCUT2D eigenvalue weighted by molar-refractivity contribution is 5.96. The number of benzene rings is 1. The van der Waals surface area contributed by atoms with Gasteiger partial charge in [-0.2, -0.15) is 0 Å². The number of amides is 3. The number of rotatable bonds is 5. The molecular formula is C10H11N3O3. The van der Waals surface area contributed by atoms with Crippen LogP contribution in [-0.2, 0) is 9.59 Å². The summed E-state index contributed by atoms with van der Waals surface area (Å²) in [5.41, 5.74) is 4.52. The molecule has 3 amide bonds. The second-order valence-corrected chi connectivity index (χ2v) is 2.86. The number of carbonyl (C=O) groups excluding carboxylic acids is 3. The Morgan fingerprint density at radius 2 is 1.88 bits per heavy atom. The van der Waals surface area contributed by atoms with Gasteiger partial charge in [-0.25, -0.2) is 0 Å². The quantitative estimate of drug-likeness (QED) is 0.449. The molecule has 0 spiro atoms. The van der Waals surface area contributed by atoms with Crippen LogP contribution >= 0.6 is 0 Å². The van der Waals surface area contributed by atoms with Crippen LogP contribution in [0.2, 0.25) is 0 Å². The first kappa shape index (κ1) is 11.7. The molecule has 0 radical (unpaired) electrons. The molecule has 0 fully saturated rings. The smallest absolute Gasteiger partial charge is 0.257 e. The van der Waals surface area contributed by atoms with Crippen molar-refractivity contribution in [2.24, 2.45) is 0 Å². The van der Waals surface area contributed by atoms with Gasteiger partial charge in [-0.1, -0.05) is 18.2 Å². The van der Waals surface area contributed by atoms with Crippen molar-refractivity contribution < 1.29 is 14.4 Å². The molecular weight excluding hydrogens is 210 g/mol. The molecule has 6 heteroatoms. The van der Waals surface area contributed by atoms with Gasteiger partial charge in [-0.3, -0.25) is 25.2 Å². The molecule has 0 heterocycles. The van der Waals surface area contributed by atoms with Crippen LogP contribution < -0.4 is 16.2 Å². The van der Waals surface area contributed by atoms with Crippen molar-refractivity contribution in [1.82, 2.24) is 16.2 Å². The second-order valence-electron chi connectivity index (χ2n) is 2.86. The third-order valence-electron chi connectivity index (χ3n) is 1.72. The fourth-order valence-corrected chi connectivity index (χ4v) is 1.01. The molecule has 0 saturated carbocycles. The van der Waals surface area contributed by atoms with Crippen molar-refractivity contribution in [2.45, 2.75) is 0 Å². The van der Waals surface area contributed by atoms with Crippen LogP contribution in [0.4, 0.5) is 0 Å². The molecule has 0 aliphatic heterocycles. The summed E-state index contributed by atoms with van der Waals surface area (Å²) in [6.45, 7) is -0.200. The molecule has 0 atom stereocenters. The lowest BCUT2D eigenvalue weighted by Crippen LogP contribution is -2.43. The molecule has 0 bridgehead atoms. The maximum Gasteiger partial charge on any atom is 0.257 e. The minimum Gasteiger partial charge on any atom is -0.343 e. The Morgan fingerprint density at radius 1 is 1.19 bits per heavy atom. The van der Waals surface area contributed by atoms with Crippen LogP contribution in [0.5, 0.6) is 0 Å². The molecule has 6 nitrogen and oxygen atoms in total. The van der Waals surface area contributed by atoms with E-state index in [1.807, 2.05) is 5.43 Å². The lowest BCUT2D eigenvalue weighted by atomic mass is 10.2. The van der Waals surface area contributed by atoms with E-state index in [1.165, 1.54) is 0 Å². The fraction of sp³-hybridized carbons (Fsp3) is 0.100. The summed E-state index contributed by atoms with van der Waals surface area (Å²) in [6.07, 6.45) is 0.330. The van der Waals surface area contributed by atoms with Crippen LogP contribution in [0.1, 0.15) is 10.4 Å². The molecule has 0 unspecified atom stereocenters. The number of carbonyl (C=O) groups is 3. The van der Waals surface area contributed by atoms with Crippen LogP contribution in [0, 0.1) is 0 Å². The number of nitrogens with one attached hydrogen (secondary N) is 3. The predicted octanol–water partition coefficient (Wildman–Crippen LogP) is -0.806. The van der Waals surface area contributed by atoms with Crippen molar-refractivity contribution in [2.75, 3.05) is 6.54 Å². The molecule has 0 aliphatic rings. The number of hydrogen-bond acceptors (Lipinski definition) is 3. The van der Waals surface area contributed by atoms with E-state index in [9.17, 15) is 14.4 Å². The molecule has 84 valence electrons. The van der Waals surface area contributed by atoms with E-state index in [4.69, 9.17) is 0 Å². The van der Waals surface area contributed by atoms with Crippen LogP contribution in [0.3, 0.4) is 0 Å². The van der Waals surface area contributed by atoms with Gasteiger partial charge in [0.25, 0.3) is 11.8 Å². The highest BCUT2D eigenvalue weighted by Gasteiger charge is 2.06. The lowest BCUT2D eigenvalue weighted by molar-refractivity contribution is -0.123. The zero-order chi connectivity index (χ0) is 11.8. The summed E-state index contributed by atoms with van der Waals surface area (Å²) in [5, 5.41) is 2.40. The van der Waals surface area contributed by atoms with Gasteiger partial charge in [-0.15, -0.1) is 0 Å². The second kappa shape index (κ2) is 6.18. The summed E-state index contributed by atoms with van der Waals surface area (Å²) in [7, 11) is 0. The standard InChI is InChI=1S/C10H11N3O3/c14-7-12-13-9(15)6-11-10(16)8-4-2-1-3-5-8/h1-5,7H,6H2,(H,11,16)(H,12,14)(H,13,15). The average molecular weight is 221 g/mol. The van der Waals surface area contributed by atoms with Crippen molar-refractivity contribution in [3.05, 3.63) is 35.9 Å². The van der Waals surface area contributed by atoms with Crippen LogP contribution in [-0.4, -0.2) is 24.8 Å². The summed E-state index contributed by atoms with van der Waals surface area (Å²) >= 11 is 0. The first-order valence-corrected chi connectivity index (χ1v) is 4.55. The monoisotopic (exact) mass is 221 g/mol. The van der Waals surface area contributed by atoms with Gasteiger partial charge in [0.2, 0.25) is 6.41 Å². The minimum atomic E-state index is -0.503. The number of hydrazine groups is 1. The normalized spacial score (nSPS) is 9.00. The van der Waals surface area contributed by atoms with Gasteiger partial charge >= 0.3 is 0 Å². The van der Waals surface area contributed by atoms with E-state index in [0.717, 1.165) is 0 Å². The third-order valence-corrected chi connectivity index (χ3v) is 1.72. The first-order valence-electron chi connectivity index (χ1n) is 4.55. The van der Waals surface area contributed by atoms with Crippen molar-refractivity contribution in [3.8, 4) is 0 Å². The summed E-state index contributed by atoms with van der Waals surface area (Å²) in [4.78, 5) is 32.3. The first-order chi connectivity index (χ1) is 7.74. The third kappa shape index (κ3) is 3.79. The maximum atomic E-state index is 11.4. The van der Waals surface area contributed by atoms with Gasteiger partial charge in [0.05, 0.1) is 6.54 Å². The van der Waals surface area contributed by atoms with Gasteiger partial charge in [0.15, 0.2) is 0 Å². The van der Waals surface area contributed by atoms with Gasteiger partial charge in [-0.05, 0) is 12.1 Å². The van der Waals surface area contributed by atoms with E-state index in [-0.39, 0.29) is 12.5 Å². The van der Waals surface area contributed by atoms with E-state index in [0.29, 0.717) is 12.0 Å². The molecule has 1 aromatic carbocycles. The van der Waals surface area contributed by atoms with Crippen molar-refractivity contribution >= 4 is 18.2 Å². The number of hydrogen-bond donors (Lipinski definition) is 3. The average Bonchev–Trinajstić information content (AvgIpc) is 2.34. The van der Waals surface area contributed by atoms with Gasteiger partial charge in [0.1, 0.15) is 0 Å². The largest absolute Gasteiger partial charge is 0.343 e. The topological polar surface area (TPSA) is 87.3 Å². The van der Waals surface area contributed by atoms with Gasteiger partial charge < -0.3 is 5.32 Å². The molecule has 1 aromatic rings. The maximum absolute atomic E-state index is 11.4. The Hall–Kier alpha value is -2.37. The Labute approximate surface area is 92.0 Å². The van der Waals surface area contributed by atoms with E-state index in [1.54, 1.807) is 30.3 Å². The highest BCUT2D eigenvalue weighted by Crippen LogP contribution is 1.96.